The van der Waals surface area contributed by atoms with Crippen LogP contribution < -0.4 is 25.4 Å². The van der Waals surface area contributed by atoms with E-state index < -0.39 is 29.6 Å². The second-order valence-electron chi connectivity index (χ2n) is 11.6. The molecule has 2 amide bonds. The van der Waals surface area contributed by atoms with Crippen LogP contribution in [0.15, 0.2) is 42.7 Å². The van der Waals surface area contributed by atoms with Gasteiger partial charge in [-0.3, -0.25) is 14.5 Å². The summed E-state index contributed by atoms with van der Waals surface area (Å²) in [5, 5.41) is 8.75. The number of methoxy groups -OCH3 is 2. The number of fused-ring (bicyclic) bond motifs is 2. The number of alkyl halides is 2. The topological polar surface area (TPSA) is 127 Å². The van der Waals surface area contributed by atoms with Crippen LogP contribution >= 0.6 is 0 Å². The summed E-state index contributed by atoms with van der Waals surface area (Å²) >= 11 is 0. The number of benzene rings is 1. The number of ether oxygens (including phenoxy) is 3. The van der Waals surface area contributed by atoms with E-state index in [1.165, 1.54) is 26.5 Å². The number of aromatic nitrogens is 2. The first-order valence-electron chi connectivity index (χ1n) is 15.1. The molecule has 7 rings (SSSR count). The van der Waals surface area contributed by atoms with E-state index in [9.17, 15) is 22.8 Å². The third-order valence-corrected chi connectivity index (χ3v) is 9.09. The van der Waals surface area contributed by atoms with E-state index in [4.69, 9.17) is 14.2 Å². The summed E-state index contributed by atoms with van der Waals surface area (Å²) in [6, 6.07) is 6.25. The highest BCUT2D eigenvalue weighted by Gasteiger charge is 2.48. The molecule has 1 saturated heterocycles. The summed E-state index contributed by atoms with van der Waals surface area (Å²) in [5.74, 6) is -0.648. The maximum absolute atomic E-state index is 13.9. The van der Waals surface area contributed by atoms with Crippen molar-refractivity contribution in [2.75, 3.05) is 56.5 Å². The van der Waals surface area contributed by atoms with Gasteiger partial charge in [-0.15, -0.1) is 0 Å². The number of nitrogens with zero attached hydrogens (tertiary/aromatic N) is 3. The number of hydrogen-bond donors (Lipinski definition) is 3. The van der Waals surface area contributed by atoms with E-state index in [1.807, 2.05) is 0 Å². The standard InChI is InChI=1S/C32H35F3N6O5/c1-44-26-5-6-36-30(39-23-15-25(18-11-17(23)12-18)41-7-9-46-10-8-41)28(26)32(43)40-24-16-37-27(45-2)14-21(24)31(42)38-19-3-4-22(33)20(13-19)29(34)35/h3-6,13-14,16-18,23,25,29H,7-12,15H2,1-2H3,(H,36,39)(H,38,42)(H,40,43)/t17?,18?,23-,25?/m1/s1. The fourth-order valence-corrected chi connectivity index (χ4v) is 6.66. The molecule has 244 valence electrons. The van der Waals surface area contributed by atoms with E-state index in [0.717, 1.165) is 63.8 Å². The summed E-state index contributed by atoms with van der Waals surface area (Å²) in [6.45, 7) is 3.27. The summed E-state index contributed by atoms with van der Waals surface area (Å²) in [6.07, 6.45) is 2.86. The molecular formula is C32H35F3N6O5. The zero-order valence-corrected chi connectivity index (χ0v) is 25.4. The second kappa shape index (κ2) is 13.5. The van der Waals surface area contributed by atoms with Crippen LogP contribution in [0.5, 0.6) is 11.6 Å². The maximum Gasteiger partial charge on any atom is 0.266 e. The number of morpholine rings is 1. The van der Waals surface area contributed by atoms with Gasteiger partial charge in [-0.1, -0.05) is 0 Å². The lowest BCUT2D eigenvalue weighted by Crippen LogP contribution is -2.59. The number of hydrogen-bond acceptors (Lipinski definition) is 9. The molecule has 14 heteroatoms. The van der Waals surface area contributed by atoms with Crippen molar-refractivity contribution in [1.82, 2.24) is 14.9 Å². The van der Waals surface area contributed by atoms with Gasteiger partial charge in [-0.05, 0) is 55.4 Å². The Hall–Kier alpha value is -4.43. The normalized spacial score (nSPS) is 22.5. The Labute approximate surface area is 263 Å². The Balaban J connectivity index is 1.24. The quantitative estimate of drug-likeness (QED) is 0.281. The van der Waals surface area contributed by atoms with Gasteiger partial charge in [0.05, 0.1) is 50.4 Å². The molecule has 0 spiro atoms. The lowest BCUT2D eigenvalue weighted by molar-refractivity contribution is -0.0516. The van der Waals surface area contributed by atoms with Crippen LogP contribution in [0, 0.1) is 17.7 Å². The Morgan fingerprint density at radius 2 is 1.76 bits per heavy atom. The zero-order valence-electron chi connectivity index (χ0n) is 25.4. The molecule has 4 fully saturated rings. The van der Waals surface area contributed by atoms with Crippen LogP contribution in [0.25, 0.3) is 0 Å². The average molecular weight is 641 g/mol. The third kappa shape index (κ3) is 6.44. The zero-order chi connectivity index (χ0) is 32.4. The molecule has 3 aromatic rings. The Morgan fingerprint density at radius 3 is 2.48 bits per heavy atom. The highest BCUT2D eigenvalue weighted by Crippen LogP contribution is 2.49. The van der Waals surface area contributed by atoms with E-state index in [1.54, 1.807) is 12.3 Å². The van der Waals surface area contributed by atoms with Gasteiger partial charge in [0.25, 0.3) is 18.2 Å². The van der Waals surface area contributed by atoms with Gasteiger partial charge in [0.1, 0.15) is 22.9 Å². The maximum atomic E-state index is 13.9. The van der Waals surface area contributed by atoms with Crippen molar-refractivity contribution in [2.24, 2.45) is 11.8 Å². The van der Waals surface area contributed by atoms with E-state index >= 15 is 0 Å². The van der Waals surface area contributed by atoms with Crippen LogP contribution in [0.3, 0.4) is 0 Å². The van der Waals surface area contributed by atoms with Gasteiger partial charge < -0.3 is 30.2 Å². The SMILES string of the molecule is COc1cc(C(=O)Nc2ccc(F)c(C(F)F)c2)c(NC(=O)c2c(OC)ccnc2N[C@@H]2CC(N3CCOCC3)C3CC2C3)cn1. The van der Waals surface area contributed by atoms with Gasteiger partial charge in [-0.2, -0.15) is 0 Å². The molecule has 1 aliphatic heterocycles. The van der Waals surface area contributed by atoms with Crippen molar-refractivity contribution in [3.05, 3.63) is 65.2 Å². The number of halogens is 3. The molecule has 4 aliphatic rings. The third-order valence-electron chi connectivity index (χ3n) is 9.09. The summed E-state index contributed by atoms with van der Waals surface area (Å²) < 4.78 is 56.6. The number of pyridine rings is 2. The molecule has 3 saturated carbocycles. The van der Waals surface area contributed by atoms with Crippen LogP contribution in [0.4, 0.5) is 30.4 Å². The monoisotopic (exact) mass is 640 g/mol. The van der Waals surface area contributed by atoms with E-state index in [-0.39, 0.29) is 40.2 Å². The Kier molecular flexibility index (Phi) is 9.27. The van der Waals surface area contributed by atoms with Crippen molar-refractivity contribution in [3.63, 3.8) is 0 Å². The van der Waals surface area contributed by atoms with Crippen LogP contribution in [-0.2, 0) is 4.74 Å². The minimum absolute atomic E-state index is 0.0169. The summed E-state index contributed by atoms with van der Waals surface area (Å²) in [5.41, 5.74) is -0.813. The highest BCUT2D eigenvalue weighted by molar-refractivity contribution is 6.14. The Morgan fingerprint density at radius 1 is 0.978 bits per heavy atom. The number of carbonyl (C=O) groups is 2. The van der Waals surface area contributed by atoms with Crippen LogP contribution in [0.2, 0.25) is 0 Å². The molecule has 2 atom stereocenters. The predicted octanol–water partition coefficient (Wildman–Crippen LogP) is 4.99. The number of anilines is 3. The molecule has 0 radical (unpaired) electrons. The van der Waals surface area contributed by atoms with Crippen molar-refractivity contribution in [1.29, 1.82) is 0 Å². The van der Waals surface area contributed by atoms with Gasteiger partial charge in [0.2, 0.25) is 5.88 Å². The molecule has 2 bridgehead atoms. The van der Waals surface area contributed by atoms with Crippen LogP contribution in [-0.4, -0.2) is 79.3 Å². The highest BCUT2D eigenvalue weighted by atomic mass is 19.3. The summed E-state index contributed by atoms with van der Waals surface area (Å²) in [7, 11) is 2.81. The molecule has 2 aromatic heterocycles. The Bertz CT molecular complexity index is 1600. The minimum Gasteiger partial charge on any atom is -0.496 e. The number of carbonyl (C=O) groups excluding carboxylic acids is 2. The first-order chi connectivity index (χ1) is 22.2. The molecule has 46 heavy (non-hydrogen) atoms. The van der Waals surface area contributed by atoms with Gasteiger partial charge in [-0.25, -0.2) is 23.1 Å². The molecule has 1 unspecified atom stereocenters. The molecule has 11 nitrogen and oxygen atoms in total. The van der Waals surface area contributed by atoms with Gasteiger partial charge in [0, 0.05) is 43.1 Å². The van der Waals surface area contributed by atoms with Crippen molar-refractivity contribution in [2.45, 2.75) is 37.8 Å². The fourth-order valence-electron chi connectivity index (χ4n) is 6.66. The molecule has 3 aliphatic carbocycles. The van der Waals surface area contributed by atoms with Crippen LogP contribution in [0.1, 0.15) is 52.0 Å². The molecule has 3 N–H and O–H groups in total. The van der Waals surface area contributed by atoms with Gasteiger partial charge in [0.15, 0.2) is 0 Å². The van der Waals surface area contributed by atoms with Crippen molar-refractivity contribution in [3.8, 4) is 11.6 Å². The van der Waals surface area contributed by atoms with E-state index in [2.05, 4.69) is 30.8 Å². The first-order valence-corrected chi connectivity index (χ1v) is 15.1. The predicted molar refractivity (Wildman–Crippen MR) is 163 cm³/mol. The second-order valence-corrected chi connectivity index (χ2v) is 11.6. The number of nitrogens with one attached hydrogen (secondary N) is 3. The minimum atomic E-state index is -3.07. The van der Waals surface area contributed by atoms with Crippen molar-refractivity contribution >= 4 is 29.0 Å². The lowest BCUT2D eigenvalue weighted by atomic mass is 9.60. The van der Waals surface area contributed by atoms with E-state index in [0.29, 0.717) is 23.7 Å². The molecule has 1 aromatic carbocycles. The smallest absolute Gasteiger partial charge is 0.266 e. The molecular weight excluding hydrogens is 605 g/mol. The number of amides is 2. The lowest BCUT2D eigenvalue weighted by Gasteiger charge is -2.55. The summed E-state index contributed by atoms with van der Waals surface area (Å²) in [4.78, 5) is 38.4. The first kappa shape index (κ1) is 31.5. The largest absolute Gasteiger partial charge is 0.496 e. The number of rotatable bonds is 10. The van der Waals surface area contributed by atoms with Gasteiger partial charge >= 0.3 is 0 Å². The fraction of sp³-hybridized carbons (Fsp3) is 0.438. The average Bonchev–Trinajstić information content (AvgIpc) is 3.05. The molecule has 3 heterocycles. The van der Waals surface area contributed by atoms with Crippen molar-refractivity contribution < 1.29 is 37.0 Å².